The molecule has 0 bridgehead atoms. The third kappa shape index (κ3) is 3.88. The smallest absolute Gasteiger partial charge is 0.258 e. The minimum atomic E-state index is -3.69. The summed E-state index contributed by atoms with van der Waals surface area (Å²) in [6, 6.07) is 23.2. The van der Waals surface area contributed by atoms with E-state index in [1.54, 1.807) is 35.2 Å². The second-order valence-electron chi connectivity index (χ2n) is 7.64. The van der Waals surface area contributed by atoms with Gasteiger partial charge in [0.15, 0.2) is 0 Å². The number of nitrogens with zero attached hydrogens (tertiary/aromatic N) is 1. The van der Waals surface area contributed by atoms with Crippen LogP contribution in [0.4, 0.5) is 5.69 Å². The lowest BCUT2D eigenvalue weighted by atomic mass is 10.1. The molecular formula is C24H24N2O3S. The number of sulfonamides is 1. The van der Waals surface area contributed by atoms with Crippen molar-refractivity contribution in [2.45, 2.75) is 37.2 Å². The Kier molecular flexibility index (Phi) is 5.45. The van der Waals surface area contributed by atoms with Gasteiger partial charge in [0.1, 0.15) is 0 Å². The van der Waals surface area contributed by atoms with Crippen LogP contribution in [0.1, 0.15) is 41.4 Å². The van der Waals surface area contributed by atoms with Crippen LogP contribution >= 0.6 is 0 Å². The lowest BCUT2D eigenvalue weighted by Gasteiger charge is -2.23. The molecule has 1 heterocycles. The van der Waals surface area contributed by atoms with E-state index in [0.717, 1.165) is 16.8 Å². The van der Waals surface area contributed by atoms with Gasteiger partial charge in [-0.3, -0.25) is 4.79 Å². The highest BCUT2D eigenvalue weighted by atomic mass is 32.2. The average molecular weight is 421 g/mol. The van der Waals surface area contributed by atoms with E-state index in [9.17, 15) is 13.2 Å². The molecule has 1 aliphatic rings. The molecule has 5 nitrogen and oxygen atoms in total. The first kappa shape index (κ1) is 20.3. The number of fused-ring (bicyclic) bond motifs is 1. The number of anilines is 1. The van der Waals surface area contributed by atoms with Crippen LogP contribution in [0, 0.1) is 0 Å². The third-order valence-corrected chi connectivity index (χ3v) is 6.99. The number of carbonyl (C=O) groups is 1. The van der Waals surface area contributed by atoms with Gasteiger partial charge in [0.2, 0.25) is 10.0 Å². The van der Waals surface area contributed by atoms with Gasteiger partial charge in [-0.15, -0.1) is 0 Å². The number of rotatable bonds is 5. The molecule has 3 aromatic rings. The van der Waals surface area contributed by atoms with Crippen molar-refractivity contribution in [3.63, 3.8) is 0 Å². The summed E-state index contributed by atoms with van der Waals surface area (Å²) < 4.78 is 28.6. The maximum atomic E-state index is 13.0. The summed E-state index contributed by atoms with van der Waals surface area (Å²) in [4.78, 5) is 15.0. The Balaban J connectivity index is 1.60. The SMILES string of the molecule is C[C@H](NS(=O)(=O)c1ccc2c(c1)C[C@H](C)N2C(=O)c1ccccc1)c1ccccc1. The fourth-order valence-corrected chi connectivity index (χ4v) is 5.20. The summed E-state index contributed by atoms with van der Waals surface area (Å²) in [5, 5.41) is 0. The Morgan fingerprint density at radius 3 is 2.30 bits per heavy atom. The molecule has 30 heavy (non-hydrogen) atoms. The molecule has 0 aromatic heterocycles. The van der Waals surface area contributed by atoms with Gasteiger partial charge < -0.3 is 4.90 Å². The molecule has 154 valence electrons. The van der Waals surface area contributed by atoms with Crippen molar-refractivity contribution in [3.05, 3.63) is 95.6 Å². The molecule has 0 saturated heterocycles. The topological polar surface area (TPSA) is 66.5 Å². The van der Waals surface area contributed by atoms with Gasteiger partial charge in [0.25, 0.3) is 5.91 Å². The molecule has 4 rings (SSSR count). The third-order valence-electron chi connectivity index (χ3n) is 5.45. The zero-order valence-corrected chi connectivity index (χ0v) is 17.8. The highest BCUT2D eigenvalue weighted by Gasteiger charge is 2.32. The van der Waals surface area contributed by atoms with E-state index in [-0.39, 0.29) is 22.9 Å². The number of hydrogen-bond acceptors (Lipinski definition) is 3. The van der Waals surface area contributed by atoms with Crippen molar-refractivity contribution in [1.29, 1.82) is 0 Å². The van der Waals surface area contributed by atoms with Crippen LogP contribution in [0.5, 0.6) is 0 Å². The van der Waals surface area contributed by atoms with Gasteiger partial charge in [-0.2, -0.15) is 0 Å². The normalized spacial score (nSPS) is 16.9. The predicted molar refractivity (Wildman–Crippen MR) is 118 cm³/mol. The Bertz CT molecular complexity index is 1160. The molecule has 3 aromatic carbocycles. The molecule has 6 heteroatoms. The molecule has 0 saturated carbocycles. The largest absolute Gasteiger partial charge is 0.305 e. The van der Waals surface area contributed by atoms with E-state index in [2.05, 4.69) is 4.72 Å². The van der Waals surface area contributed by atoms with Crippen molar-refractivity contribution in [1.82, 2.24) is 4.72 Å². The molecule has 0 radical (unpaired) electrons. The quantitative estimate of drug-likeness (QED) is 0.669. The first-order valence-corrected chi connectivity index (χ1v) is 11.4. The minimum absolute atomic E-state index is 0.0399. The molecule has 0 aliphatic carbocycles. The Hall–Kier alpha value is -2.96. The van der Waals surface area contributed by atoms with Crippen molar-refractivity contribution < 1.29 is 13.2 Å². The molecule has 1 aliphatic heterocycles. The van der Waals surface area contributed by atoms with Crippen LogP contribution in [-0.4, -0.2) is 20.4 Å². The van der Waals surface area contributed by atoms with Crippen molar-refractivity contribution in [3.8, 4) is 0 Å². The van der Waals surface area contributed by atoms with Crippen molar-refractivity contribution >= 4 is 21.6 Å². The van der Waals surface area contributed by atoms with Crippen LogP contribution in [0.25, 0.3) is 0 Å². The summed E-state index contributed by atoms with van der Waals surface area (Å²) in [5.41, 5.74) is 3.15. The van der Waals surface area contributed by atoms with Gasteiger partial charge in [-0.1, -0.05) is 48.5 Å². The molecule has 0 unspecified atom stereocenters. The Morgan fingerprint density at radius 1 is 1.00 bits per heavy atom. The van der Waals surface area contributed by atoms with E-state index >= 15 is 0 Å². The maximum Gasteiger partial charge on any atom is 0.258 e. The summed E-state index contributed by atoms with van der Waals surface area (Å²) >= 11 is 0. The first-order valence-electron chi connectivity index (χ1n) is 9.95. The van der Waals surface area contributed by atoms with E-state index in [1.165, 1.54) is 0 Å². The van der Waals surface area contributed by atoms with E-state index in [4.69, 9.17) is 0 Å². The lowest BCUT2D eigenvalue weighted by molar-refractivity contribution is 0.0981. The van der Waals surface area contributed by atoms with E-state index in [0.29, 0.717) is 12.0 Å². The van der Waals surface area contributed by atoms with Crippen molar-refractivity contribution in [2.24, 2.45) is 0 Å². The van der Waals surface area contributed by atoms with Crippen LogP contribution in [0.3, 0.4) is 0 Å². The van der Waals surface area contributed by atoms with Gasteiger partial charge >= 0.3 is 0 Å². The highest BCUT2D eigenvalue weighted by Crippen LogP contribution is 2.35. The number of carbonyl (C=O) groups excluding carboxylic acids is 1. The summed E-state index contributed by atoms with van der Waals surface area (Å²) in [7, 11) is -3.69. The summed E-state index contributed by atoms with van der Waals surface area (Å²) in [6.07, 6.45) is 0.617. The molecule has 2 atom stereocenters. The van der Waals surface area contributed by atoms with Crippen LogP contribution in [-0.2, 0) is 16.4 Å². The van der Waals surface area contributed by atoms with Crippen LogP contribution in [0.15, 0.2) is 83.8 Å². The number of nitrogens with one attached hydrogen (secondary N) is 1. The number of amides is 1. The van der Waals surface area contributed by atoms with Crippen LogP contribution in [0.2, 0.25) is 0 Å². The van der Waals surface area contributed by atoms with E-state index in [1.807, 2.05) is 62.4 Å². The zero-order chi connectivity index (χ0) is 21.3. The zero-order valence-electron chi connectivity index (χ0n) is 16.9. The summed E-state index contributed by atoms with van der Waals surface area (Å²) in [6.45, 7) is 3.80. The van der Waals surface area contributed by atoms with E-state index < -0.39 is 10.0 Å². The fourth-order valence-electron chi connectivity index (χ4n) is 3.91. The number of hydrogen-bond donors (Lipinski definition) is 1. The van der Waals surface area contributed by atoms with Gasteiger partial charge in [-0.05, 0) is 61.7 Å². The van der Waals surface area contributed by atoms with Crippen LogP contribution < -0.4 is 9.62 Å². The average Bonchev–Trinajstić information content (AvgIpc) is 3.09. The van der Waals surface area contributed by atoms with Gasteiger partial charge in [0, 0.05) is 23.3 Å². The minimum Gasteiger partial charge on any atom is -0.305 e. The first-order chi connectivity index (χ1) is 14.4. The van der Waals surface area contributed by atoms with Gasteiger partial charge in [0.05, 0.1) is 4.90 Å². The number of benzene rings is 3. The molecule has 1 N–H and O–H groups in total. The standard InChI is InChI=1S/C24H24N2O3S/c1-17-15-21-16-22(30(28,29)25-18(2)19-9-5-3-6-10-19)13-14-23(21)26(17)24(27)20-11-7-4-8-12-20/h3-14,16-18,25H,15H2,1-2H3/t17-,18-/m0/s1. The Morgan fingerprint density at radius 2 is 1.63 bits per heavy atom. The summed E-state index contributed by atoms with van der Waals surface area (Å²) in [5.74, 6) is -0.0757. The second kappa shape index (κ2) is 8.05. The predicted octanol–water partition coefficient (Wildman–Crippen LogP) is 4.32. The second-order valence-corrected chi connectivity index (χ2v) is 9.35. The monoisotopic (exact) mass is 420 g/mol. The molecule has 0 spiro atoms. The highest BCUT2D eigenvalue weighted by molar-refractivity contribution is 7.89. The Labute approximate surface area is 177 Å². The molecular weight excluding hydrogens is 396 g/mol. The lowest BCUT2D eigenvalue weighted by Crippen LogP contribution is -2.35. The maximum absolute atomic E-state index is 13.0. The van der Waals surface area contributed by atoms with Crippen molar-refractivity contribution in [2.75, 3.05) is 4.90 Å². The van der Waals surface area contributed by atoms with Gasteiger partial charge in [-0.25, -0.2) is 13.1 Å². The molecule has 1 amide bonds. The fraction of sp³-hybridized carbons (Fsp3) is 0.208. The molecule has 0 fully saturated rings.